The van der Waals surface area contributed by atoms with Crippen LogP contribution in [-0.4, -0.2) is 42.9 Å². The molecule has 3 aromatic heterocycles. The molecule has 1 unspecified atom stereocenters. The van der Waals surface area contributed by atoms with Gasteiger partial charge in [-0.2, -0.15) is 9.97 Å². The number of halogens is 1. The van der Waals surface area contributed by atoms with Gasteiger partial charge in [0.2, 0.25) is 16.5 Å². The van der Waals surface area contributed by atoms with E-state index < -0.39 is 0 Å². The Hall–Kier alpha value is -2.69. The Labute approximate surface area is 181 Å². The number of aromatic nitrogens is 5. The molecule has 1 aliphatic heterocycles. The molecule has 0 aliphatic carbocycles. The lowest BCUT2D eigenvalue weighted by atomic mass is 9.98. The van der Waals surface area contributed by atoms with Crippen LogP contribution in [0.1, 0.15) is 24.7 Å². The van der Waals surface area contributed by atoms with E-state index in [1.54, 1.807) is 23.5 Å². The summed E-state index contributed by atoms with van der Waals surface area (Å²) in [6.07, 6.45) is 2.01. The molecular weight excluding hydrogens is 423 g/mol. The summed E-state index contributed by atoms with van der Waals surface area (Å²) in [7, 11) is 0. The molecule has 1 atom stereocenters. The lowest BCUT2D eigenvalue weighted by Crippen LogP contribution is -2.36. The Morgan fingerprint density at radius 3 is 2.90 bits per heavy atom. The lowest BCUT2D eigenvalue weighted by Gasteiger charge is -2.30. The number of hydrogen-bond acceptors (Lipinski definition) is 7. The molecule has 10 heteroatoms. The Bertz CT molecular complexity index is 1180. The predicted octanol–water partition coefficient (Wildman–Crippen LogP) is 4.70. The van der Waals surface area contributed by atoms with E-state index >= 15 is 0 Å². The second-order valence-corrected chi connectivity index (χ2v) is 8.59. The summed E-state index contributed by atoms with van der Waals surface area (Å²) in [5.74, 6) is 1.76. The number of thiophene rings is 1. The summed E-state index contributed by atoms with van der Waals surface area (Å²) in [4.78, 5) is 12.4. The number of nitrogens with zero attached hydrogens (tertiary/aromatic N) is 5. The number of hydrogen-bond donors (Lipinski definition) is 1. The number of nitrogens with one attached hydrogen (secondary N) is 1. The van der Waals surface area contributed by atoms with E-state index in [0.717, 1.165) is 42.2 Å². The highest BCUT2D eigenvalue weighted by molar-refractivity contribution is 7.71. The van der Waals surface area contributed by atoms with Gasteiger partial charge in [-0.25, -0.2) is 9.07 Å². The van der Waals surface area contributed by atoms with Crippen LogP contribution in [0.5, 0.6) is 0 Å². The maximum Gasteiger partial charge on any atom is 0.231 e. The highest BCUT2D eigenvalue weighted by Gasteiger charge is 2.26. The van der Waals surface area contributed by atoms with Crippen molar-refractivity contribution >= 4 is 23.6 Å². The van der Waals surface area contributed by atoms with Gasteiger partial charge in [-0.15, -0.1) is 11.3 Å². The van der Waals surface area contributed by atoms with Crippen LogP contribution in [0.4, 0.5) is 4.39 Å². The van der Waals surface area contributed by atoms with E-state index in [4.69, 9.17) is 16.7 Å². The van der Waals surface area contributed by atoms with Crippen molar-refractivity contribution < 1.29 is 8.91 Å². The van der Waals surface area contributed by atoms with Crippen molar-refractivity contribution in [2.75, 3.05) is 13.1 Å². The van der Waals surface area contributed by atoms with Crippen molar-refractivity contribution in [1.82, 2.24) is 29.8 Å². The van der Waals surface area contributed by atoms with E-state index in [1.165, 1.54) is 12.1 Å². The van der Waals surface area contributed by atoms with Crippen molar-refractivity contribution in [2.45, 2.75) is 25.4 Å². The normalized spacial score (nSPS) is 17.4. The van der Waals surface area contributed by atoms with Gasteiger partial charge >= 0.3 is 0 Å². The minimum Gasteiger partial charge on any atom is -0.339 e. The van der Waals surface area contributed by atoms with Gasteiger partial charge < -0.3 is 4.52 Å². The van der Waals surface area contributed by atoms with Crippen LogP contribution >= 0.6 is 23.6 Å². The van der Waals surface area contributed by atoms with Gasteiger partial charge in [0, 0.05) is 12.1 Å². The van der Waals surface area contributed by atoms with Gasteiger partial charge in [-0.1, -0.05) is 11.2 Å². The van der Waals surface area contributed by atoms with Crippen LogP contribution in [0.3, 0.4) is 0 Å². The number of rotatable bonds is 5. The molecule has 30 heavy (non-hydrogen) atoms. The Morgan fingerprint density at radius 2 is 2.10 bits per heavy atom. The molecule has 1 aliphatic rings. The third kappa shape index (κ3) is 3.98. The summed E-state index contributed by atoms with van der Waals surface area (Å²) < 4.78 is 21.1. The molecule has 7 nitrogen and oxygen atoms in total. The molecule has 1 N–H and O–H groups in total. The van der Waals surface area contributed by atoms with Crippen LogP contribution in [-0.2, 0) is 6.67 Å². The zero-order valence-electron chi connectivity index (χ0n) is 16.0. The maximum atomic E-state index is 13.1. The molecule has 1 fully saturated rings. The highest BCUT2D eigenvalue weighted by atomic mass is 32.1. The minimum atomic E-state index is -0.287. The van der Waals surface area contributed by atoms with Crippen LogP contribution in [0, 0.1) is 10.6 Å². The summed E-state index contributed by atoms with van der Waals surface area (Å²) in [5, 5.41) is 9.41. The van der Waals surface area contributed by atoms with Crippen LogP contribution in [0.15, 0.2) is 46.3 Å². The number of piperidine rings is 1. The van der Waals surface area contributed by atoms with E-state index in [2.05, 4.69) is 25.1 Å². The van der Waals surface area contributed by atoms with Gasteiger partial charge in [0.25, 0.3) is 0 Å². The number of H-pyrrole nitrogens is 1. The van der Waals surface area contributed by atoms with Crippen molar-refractivity contribution in [1.29, 1.82) is 0 Å². The summed E-state index contributed by atoms with van der Waals surface area (Å²) >= 11 is 7.06. The quantitative estimate of drug-likeness (QED) is 0.452. The topological polar surface area (TPSA) is 75.8 Å². The molecule has 5 rings (SSSR count). The summed E-state index contributed by atoms with van der Waals surface area (Å²) in [5.41, 5.74) is 0.740. The SMILES string of the molecule is Fc1ccc(-c2noc(C3CCCN(Cn4[nH]c(-c5cccs5)nc4=S)C3)n2)cc1. The number of likely N-dealkylation sites (tertiary alicyclic amines) is 1. The summed E-state index contributed by atoms with van der Waals surface area (Å²) in [6.45, 7) is 2.39. The Balaban J connectivity index is 1.29. The van der Waals surface area contributed by atoms with E-state index in [0.29, 0.717) is 23.2 Å². The second-order valence-electron chi connectivity index (χ2n) is 7.28. The third-order valence-corrected chi connectivity index (χ3v) is 6.36. The maximum absolute atomic E-state index is 13.1. The lowest BCUT2D eigenvalue weighted by molar-refractivity contribution is 0.143. The van der Waals surface area contributed by atoms with Gasteiger partial charge in [0.05, 0.1) is 17.5 Å². The van der Waals surface area contributed by atoms with Gasteiger partial charge in [-0.3, -0.25) is 10.00 Å². The van der Waals surface area contributed by atoms with Gasteiger partial charge in [0.1, 0.15) is 5.82 Å². The third-order valence-electron chi connectivity index (χ3n) is 5.17. The van der Waals surface area contributed by atoms with Crippen molar-refractivity contribution in [3.05, 3.63) is 58.3 Å². The molecule has 0 radical (unpaired) electrons. The molecule has 1 aromatic carbocycles. The van der Waals surface area contributed by atoms with E-state index in [-0.39, 0.29) is 11.7 Å². The smallest absolute Gasteiger partial charge is 0.231 e. The molecule has 0 spiro atoms. The standard InChI is InChI=1S/C20H19FN6OS2/c21-15-7-5-13(6-8-15)17-22-19(28-25-17)14-3-1-9-26(11-14)12-27-20(29)23-18(24-27)16-4-2-10-30-16/h2,4-8,10,14H,1,3,9,11-12H2,(H,23,24,29). The summed E-state index contributed by atoms with van der Waals surface area (Å²) in [6, 6.07) is 10.1. The second kappa shape index (κ2) is 8.21. The van der Waals surface area contributed by atoms with Gasteiger partial charge in [0.15, 0.2) is 5.82 Å². The Kier molecular flexibility index (Phi) is 5.28. The Morgan fingerprint density at radius 1 is 1.23 bits per heavy atom. The molecule has 0 bridgehead atoms. The minimum absolute atomic E-state index is 0.148. The first kappa shape index (κ1) is 19.3. The first-order chi connectivity index (χ1) is 14.7. The van der Waals surface area contributed by atoms with Crippen LogP contribution in [0.25, 0.3) is 22.1 Å². The fourth-order valence-electron chi connectivity index (χ4n) is 3.68. The number of aromatic amines is 1. The zero-order chi connectivity index (χ0) is 20.5. The monoisotopic (exact) mass is 442 g/mol. The highest BCUT2D eigenvalue weighted by Crippen LogP contribution is 2.28. The molecule has 4 aromatic rings. The average Bonchev–Trinajstić information content (AvgIpc) is 3.50. The molecular formula is C20H19FN6OS2. The number of benzene rings is 1. The average molecular weight is 443 g/mol. The van der Waals surface area contributed by atoms with Crippen LogP contribution < -0.4 is 0 Å². The fraction of sp³-hybridized carbons (Fsp3) is 0.300. The molecule has 4 heterocycles. The largest absolute Gasteiger partial charge is 0.339 e. The zero-order valence-corrected chi connectivity index (χ0v) is 17.6. The van der Waals surface area contributed by atoms with Gasteiger partial charge in [-0.05, 0) is 67.3 Å². The van der Waals surface area contributed by atoms with E-state index in [9.17, 15) is 4.39 Å². The molecule has 0 amide bonds. The van der Waals surface area contributed by atoms with Crippen molar-refractivity contribution in [3.63, 3.8) is 0 Å². The molecule has 154 valence electrons. The van der Waals surface area contributed by atoms with Crippen LogP contribution in [0.2, 0.25) is 0 Å². The first-order valence-corrected chi connectivity index (χ1v) is 11.0. The molecule has 0 saturated carbocycles. The van der Waals surface area contributed by atoms with E-state index in [1.807, 2.05) is 22.2 Å². The predicted molar refractivity (Wildman–Crippen MR) is 114 cm³/mol. The molecule has 1 saturated heterocycles. The first-order valence-electron chi connectivity index (χ1n) is 9.68. The fourth-order valence-corrected chi connectivity index (χ4v) is 4.54. The van der Waals surface area contributed by atoms with Crippen molar-refractivity contribution in [3.8, 4) is 22.1 Å². The van der Waals surface area contributed by atoms with Crippen molar-refractivity contribution in [2.24, 2.45) is 0 Å².